The van der Waals surface area contributed by atoms with Crippen molar-refractivity contribution in [3.05, 3.63) is 48.3 Å². The van der Waals surface area contributed by atoms with Crippen molar-refractivity contribution >= 4 is 12.0 Å². The lowest BCUT2D eigenvalue weighted by molar-refractivity contribution is -0.132. The molecule has 1 aromatic heterocycles. The predicted octanol–water partition coefficient (Wildman–Crippen LogP) is 1.91. The van der Waals surface area contributed by atoms with Crippen LogP contribution in [0.4, 0.5) is 0 Å². The van der Waals surface area contributed by atoms with Gasteiger partial charge in [0.2, 0.25) is 0 Å². The van der Waals surface area contributed by atoms with Gasteiger partial charge in [0.25, 0.3) is 0 Å². The van der Waals surface area contributed by atoms with Gasteiger partial charge in [0, 0.05) is 18.2 Å². The Kier molecular flexibility index (Phi) is 3.18. The van der Waals surface area contributed by atoms with E-state index in [0.717, 1.165) is 5.56 Å². The number of carbonyl (C=O) groups is 1. The van der Waals surface area contributed by atoms with Crippen molar-refractivity contribution in [1.29, 1.82) is 0 Å². The van der Waals surface area contributed by atoms with E-state index in [4.69, 9.17) is 5.11 Å². The van der Waals surface area contributed by atoms with Crippen molar-refractivity contribution in [3.8, 4) is 0 Å². The lowest BCUT2D eigenvalue weighted by Gasteiger charge is -2.03. The second-order valence-electron chi connectivity index (χ2n) is 2.83. The van der Waals surface area contributed by atoms with Crippen molar-refractivity contribution in [2.24, 2.45) is 0 Å². The maximum atomic E-state index is 10.6. The molecule has 72 valence electrons. The van der Waals surface area contributed by atoms with Crippen LogP contribution < -0.4 is 0 Å². The SMILES string of the molecule is C=Cc1cccnc1CC(=C)C(=O)O. The van der Waals surface area contributed by atoms with Crippen LogP contribution in [-0.2, 0) is 11.2 Å². The van der Waals surface area contributed by atoms with Crippen LogP contribution in [-0.4, -0.2) is 16.1 Å². The molecule has 0 saturated carbocycles. The molecule has 1 heterocycles. The van der Waals surface area contributed by atoms with Gasteiger partial charge in [-0.25, -0.2) is 4.79 Å². The minimum atomic E-state index is -0.995. The summed E-state index contributed by atoms with van der Waals surface area (Å²) in [5, 5.41) is 8.65. The Morgan fingerprint density at radius 2 is 2.36 bits per heavy atom. The molecule has 0 amide bonds. The van der Waals surface area contributed by atoms with Gasteiger partial charge in [-0.2, -0.15) is 0 Å². The molecule has 0 unspecified atom stereocenters. The monoisotopic (exact) mass is 189 g/mol. The molecule has 1 aromatic rings. The molecule has 0 saturated heterocycles. The van der Waals surface area contributed by atoms with E-state index in [1.807, 2.05) is 6.07 Å². The Morgan fingerprint density at radius 3 is 2.93 bits per heavy atom. The van der Waals surface area contributed by atoms with Gasteiger partial charge in [-0.05, 0) is 11.6 Å². The minimum Gasteiger partial charge on any atom is -0.478 e. The highest BCUT2D eigenvalue weighted by atomic mass is 16.4. The number of pyridine rings is 1. The Labute approximate surface area is 82.4 Å². The number of rotatable bonds is 4. The Hall–Kier alpha value is -1.90. The number of nitrogens with zero attached hydrogens (tertiary/aromatic N) is 1. The molecule has 3 heteroatoms. The molecule has 0 aliphatic heterocycles. The maximum Gasteiger partial charge on any atom is 0.331 e. The van der Waals surface area contributed by atoms with Crippen LogP contribution in [0.2, 0.25) is 0 Å². The fraction of sp³-hybridized carbons (Fsp3) is 0.0909. The van der Waals surface area contributed by atoms with E-state index >= 15 is 0 Å². The first kappa shape index (κ1) is 10.2. The highest BCUT2D eigenvalue weighted by Crippen LogP contribution is 2.11. The van der Waals surface area contributed by atoms with Crippen LogP contribution in [0, 0.1) is 0 Å². The number of aliphatic carboxylic acids is 1. The number of carboxylic acid groups (broad SMARTS) is 1. The summed E-state index contributed by atoms with van der Waals surface area (Å²) in [5.74, 6) is -0.995. The van der Waals surface area contributed by atoms with E-state index in [1.54, 1.807) is 18.3 Å². The van der Waals surface area contributed by atoms with Crippen LogP contribution in [0.5, 0.6) is 0 Å². The Morgan fingerprint density at radius 1 is 1.64 bits per heavy atom. The zero-order chi connectivity index (χ0) is 10.6. The highest BCUT2D eigenvalue weighted by molar-refractivity contribution is 5.86. The van der Waals surface area contributed by atoms with Gasteiger partial charge < -0.3 is 5.11 Å². The number of hydrogen-bond donors (Lipinski definition) is 1. The highest BCUT2D eigenvalue weighted by Gasteiger charge is 2.07. The van der Waals surface area contributed by atoms with Crippen molar-refractivity contribution in [1.82, 2.24) is 4.98 Å². The lowest BCUT2D eigenvalue weighted by atomic mass is 10.1. The fourth-order valence-corrected chi connectivity index (χ4v) is 1.06. The average molecular weight is 189 g/mol. The lowest BCUT2D eigenvalue weighted by Crippen LogP contribution is -2.04. The summed E-state index contributed by atoms with van der Waals surface area (Å²) in [6.45, 7) is 7.08. The molecule has 0 radical (unpaired) electrons. The smallest absolute Gasteiger partial charge is 0.331 e. The quantitative estimate of drug-likeness (QED) is 0.736. The standard InChI is InChI=1S/C11H11NO2/c1-3-9-5-4-6-12-10(9)7-8(2)11(13)14/h3-6H,1-2,7H2,(H,13,14). The second kappa shape index (κ2) is 4.37. The van der Waals surface area contributed by atoms with Gasteiger partial charge in [0.05, 0.1) is 5.69 Å². The number of carboxylic acids is 1. The van der Waals surface area contributed by atoms with Crippen molar-refractivity contribution in [2.45, 2.75) is 6.42 Å². The Bertz CT molecular complexity index is 383. The molecule has 0 spiro atoms. The summed E-state index contributed by atoms with van der Waals surface area (Å²) >= 11 is 0. The maximum absolute atomic E-state index is 10.6. The van der Waals surface area contributed by atoms with Gasteiger partial charge in [-0.15, -0.1) is 0 Å². The van der Waals surface area contributed by atoms with Gasteiger partial charge in [0.15, 0.2) is 0 Å². The molecule has 0 fully saturated rings. The molecule has 1 N–H and O–H groups in total. The summed E-state index contributed by atoms with van der Waals surface area (Å²) in [4.78, 5) is 14.6. The van der Waals surface area contributed by atoms with Crippen LogP contribution in [0.1, 0.15) is 11.3 Å². The first-order chi connectivity index (χ1) is 6.65. The molecule has 14 heavy (non-hydrogen) atoms. The van der Waals surface area contributed by atoms with Crippen LogP contribution >= 0.6 is 0 Å². The molecular formula is C11H11NO2. The van der Waals surface area contributed by atoms with Gasteiger partial charge in [0.1, 0.15) is 0 Å². The predicted molar refractivity (Wildman–Crippen MR) is 54.8 cm³/mol. The molecule has 0 aromatic carbocycles. The van der Waals surface area contributed by atoms with E-state index in [1.165, 1.54) is 0 Å². The number of hydrogen-bond acceptors (Lipinski definition) is 2. The average Bonchev–Trinajstić information content (AvgIpc) is 2.18. The van der Waals surface area contributed by atoms with Gasteiger partial charge in [-0.1, -0.05) is 25.3 Å². The van der Waals surface area contributed by atoms with Crippen molar-refractivity contribution < 1.29 is 9.90 Å². The summed E-state index contributed by atoms with van der Waals surface area (Å²) in [7, 11) is 0. The molecule has 0 aliphatic carbocycles. The summed E-state index contributed by atoms with van der Waals surface area (Å²) in [6, 6.07) is 3.62. The minimum absolute atomic E-state index is 0.131. The summed E-state index contributed by atoms with van der Waals surface area (Å²) in [5.41, 5.74) is 1.66. The van der Waals surface area contributed by atoms with E-state index in [2.05, 4.69) is 18.1 Å². The molecular weight excluding hydrogens is 178 g/mol. The van der Waals surface area contributed by atoms with E-state index < -0.39 is 5.97 Å². The van der Waals surface area contributed by atoms with Crippen LogP contribution in [0.25, 0.3) is 6.08 Å². The topological polar surface area (TPSA) is 50.2 Å². The zero-order valence-corrected chi connectivity index (χ0v) is 7.73. The van der Waals surface area contributed by atoms with E-state index in [0.29, 0.717) is 5.69 Å². The Balaban J connectivity index is 2.91. The third kappa shape index (κ3) is 2.29. The second-order valence-corrected chi connectivity index (χ2v) is 2.83. The molecule has 1 rings (SSSR count). The zero-order valence-electron chi connectivity index (χ0n) is 7.73. The van der Waals surface area contributed by atoms with Gasteiger partial charge in [-0.3, -0.25) is 4.98 Å². The van der Waals surface area contributed by atoms with E-state index in [-0.39, 0.29) is 12.0 Å². The van der Waals surface area contributed by atoms with Crippen molar-refractivity contribution in [3.63, 3.8) is 0 Å². The molecule has 0 aliphatic rings. The molecule has 0 atom stereocenters. The van der Waals surface area contributed by atoms with Crippen molar-refractivity contribution in [2.75, 3.05) is 0 Å². The third-order valence-electron chi connectivity index (χ3n) is 1.83. The van der Waals surface area contributed by atoms with Crippen LogP contribution in [0.15, 0.2) is 37.1 Å². The fourth-order valence-electron chi connectivity index (χ4n) is 1.06. The molecule has 3 nitrogen and oxygen atoms in total. The molecule has 0 bridgehead atoms. The normalized spacial score (nSPS) is 9.43. The summed E-state index contributed by atoms with van der Waals surface area (Å²) < 4.78 is 0. The first-order valence-corrected chi connectivity index (χ1v) is 4.12. The largest absolute Gasteiger partial charge is 0.478 e. The number of aromatic nitrogens is 1. The van der Waals surface area contributed by atoms with E-state index in [9.17, 15) is 4.79 Å². The summed E-state index contributed by atoms with van der Waals surface area (Å²) in [6.07, 6.45) is 3.52. The first-order valence-electron chi connectivity index (χ1n) is 4.12. The third-order valence-corrected chi connectivity index (χ3v) is 1.83. The van der Waals surface area contributed by atoms with Crippen LogP contribution in [0.3, 0.4) is 0 Å². The van der Waals surface area contributed by atoms with Gasteiger partial charge >= 0.3 is 5.97 Å².